The van der Waals surface area contributed by atoms with Crippen LogP contribution in [0.4, 0.5) is 17.1 Å². The Kier molecular flexibility index (Phi) is 1.85. The highest BCUT2D eigenvalue weighted by Crippen LogP contribution is 2.33. The van der Waals surface area contributed by atoms with Crippen molar-refractivity contribution in [3.8, 4) is 0 Å². The van der Waals surface area contributed by atoms with Gasteiger partial charge in [0.2, 0.25) is 0 Å². The number of nitrogens with two attached hydrogens (primary N) is 1. The molecule has 0 fully saturated rings. The molecule has 0 radical (unpaired) electrons. The van der Waals surface area contributed by atoms with E-state index in [2.05, 4.69) is 5.32 Å². The number of hydrogen-bond acceptors (Lipinski definition) is 4. The molecule has 3 N–H and O–H groups in total. The Morgan fingerprint density at radius 2 is 2.29 bits per heavy atom. The molecule has 5 heteroatoms. The Bertz CT molecular complexity index is 426. The van der Waals surface area contributed by atoms with Gasteiger partial charge in [0, 0.05) is 23.9 Å². The first-order valence-electron chi connectivity index (χ1n) is 4.17. The fourth-order valence-electron chi connectivity index (χ4n) is 1.46. The first-order chi connectivity index (χ1) is 6.70. The molecule has 72 valence electrons. The van der Waals surface area contributed by atoms with Crippen molar-refractivity contribution in [2.45, 2.75) is 0 Å². The fourth-order valence-corrected chi connectivity index (χ4v) is 1.46. The van der Waals surface area contributed by atoms with Crippen molar-refractivity contribution in [2.24, 2.45) is 0 Å². The maximum Gasteiger partial charge on any atom is 0.292 e. The van der Waals surface area contributed by atoms with Gasteiger partial charge < -0.3 is 11.1 Å². The van der Waals surface area contributed by atoms with Crippen LogP contribution in [0.1, 0.15) is 5.56 Å². The zero-order chi connectivity index (χ0) is 10.1. The predicted molar refractivity (Wildman–Crippen MR) is 55.0 cm³/mol. The van der Waals surface area contributed by atoms with E-state index in [1.165, 1.54) is 6.07 Å². The molecule has 0 unspecified atom stereocenters. The number of hydrogen-bond donors (Lipinski definition) is 2. The maximum absolute atomic E-state index is 10.6. The molecule has 0 atom stereocenters. The lowest BCUT2D eigenvalue weighted by molar-refractivity contribution is -0.383. The second kappa shape index (κ2) is 3.02. The van der Waals surface area contributed by atoms with E-state index in [1.54, 1.807) is 12.1 Å². The first kappa shape index (κ1) is 8.55. The third kappa shape index (κ3) is 1.19. The molecule has 0 saturated heterocycles. The summed E-state index contributed by atoms with van der Waals surface area (Å²) in [7, 11) is 0. The van der Waals surface area contributed by atoms with Crippen molar-refractivity contribution in [1.29, 1.82) is 0 Å². The quantitative estimate of drug-likeness (QED) is 0.401. The molecule has 1 heterocycles. The largest absolute Gasteiger partial charge is 0.393 e. The van der Waals surface area contributed by atoms with Gasteiger partial charge in [-0.1, -0.05) is 12.2 Å². The zero-order valence-corrected chi connectivity index (χ0v) is 7.36. The fraction of sp³-hybridized carbons (Fsp3) is 0.111. The molecule has 0 aliphatic carbocycles. The number of nitro benzene ring substituents is 1. The van der Waals surface area contributed by atoms with Crippen LogP contribution in [0.2, 0.25) is 0 Å². The Morgan fingerprint density at radius 1 is 1.50 bits per heavy atom. The van der Waals surface area contributed by atoms with Gasteiger partial charge in [0.25, 0.3) is 5.69 Å². The summed E-state index contributed by atoms with van der Waals surface area (Å²) in [5.41, 5.74) is 7.39. The molecule has 1 aromatic carbocycles. The minimum absolute atomic E-state index is 0.0444. The van der Waals surface area contributed by atoms with E-state index < -0.39 is 4.92 Å². The van der Waals surface area contributed by atoms with Crippen molar-refractivity contribution in [3.05, 3.63) is 33.9 Å². The third-order valence-electron chi connectivity index (χ3n) is 2.16. The lowest BCUT2D eigenvalue weighted by atomic mass is 10.1. The highest BCUT2D eigenvalue weighted by molar-refractivity contribution is 5.84. The number of fused-ring (bicyclic) bond motifs is 1. The van der Waals surface area contributed by atoms with E-state index in [-0.39, 0.29) is 11.4 Å². The minimum atomic E-state index is -0.474. The SMILES string of the molecule is Nc1c([N+](=O)[O-])ccc2c1C=CCN2. The van der Waals surface area contributed by atoms with E-state index in [1.807, 2.05) is 6.08 Å². The van der Waals surface area contributed by atoms with Crippen LogP contribution in [0.5, 0.6) is 0 Å². The normalized spacial score (nSPS) is 13.1. The summed E-state index contributed by atoms with van der Waals surface area (Å²) in [6.07, 6.45) is 3.68. The molecule has 14 heavy (non-hydrogen) atoms. The molecular formula is C9H9N3O2. The molecule has 1 aromatic rings. The van der Waals surface area contributed by atoms with Gasteiger partial charge in [0.15, 0.2) is 0 Å². The summed E-state index contributed by atoms with van der Waals surface area (Å²) in [5.74, 6) is 0. The number of nitrogens with one attached hydrogen (secondary N) is 1. The minimum Gasteiger partial charge on any atom is -0.393 e. The molecule has 0 saturated carbocycles. The van der Waals surface area contributed by atoms with Crippen LogP contribution in [0.15, 0.2) is 18.2 Å². The van der Waals surface area contributed by atoms with Gasteiger partial charge in [0.05, 0.1) is 4.92 Å². The van der Waals surface area contributed by atoms with E-state index in [0.717, 1.165) is 12.2 Å². The smallest absolute Gasteiger partial charge is 0.292 e. The monoisotopic (exact) mass is 191 g/mol. The number of rotatable bonds is 1. The second-order valence-corrected chi connectivity index (χ2v) is 3.00. The van der Waals surface area contributed by atoms with Crippen molar-refractivity contribution in [1.82, 2.24) is 0 Å². The molecule has 0 aromatic heterocycles. The predicted octanol–water partition coefficient (Wildman–Crippen LogP) is 1.62. The molecule has 0 amide bonds. The molecule has 0 spiro atoms. The lowest BCUT2D eigenvalue weighted by Crippen LogP contribution is -2.07. The first-order valence-corrected chi connectivity index (χ1v) is 4.17. The molecule has 2 rings (SSSR count). The Morgan fingerprint density at radius 3 is 3.00 bits per heavy atom. The second-order valence-electron chi connectivity index (χ2n) is 3.00. The van der Waals surface area contributed by atoms with E-state index in [4.69, 9.17) is 5.73 Å². The Hall–Kier alpha value is -2.04. The van der Waals surface area contributed by atoms with Gasteiger partial charge in [-0.15, -0.1) is 0 Å². The van der Waals surface area contributed by atoms with Crippen LogP contribution in [0, 0.1) is 10.1 Å². The van der Waals surface area contributed by atoms with Gasteiger partial charge in [-0.05, 0) is 6.07 Å². The van der Waals surface area contributed by atoms with E-state index >= 15 is 0 Å². The van der Waals surface area contributed by atoms with E-state index in [0.29, 0.717) is 5.56 Å². The van der Waals surface area contributed by atoms with Gasteiger partial charge in [0.1, 0.15) is 5.69 Å². The van der Waals surface area contributed by atoms with Crippen molar-refractivity contribution in [2.75, 3.05) is 17.6 Å². The van der Waals surface area contributed by atoms with Crippen LogP contribution in [-0.2, 0) is 0 Å². The van der Waals surface area contributed by atoms with E-state index in [9.17, 15) is 10.1 Å². The number of nitrogen functional groups attached to an aromatic ring is 1. The van der Waals surface area contributed by atoms with Gasteiger partial charge >= 0.3 is 0 Å². The van der Waals surface area contributed by atoms with Crippen molar-refractivity contribution >= 4 is 23.1 Å². The summed E-state index contributed by atoms with van der Waals surface area (Å²) < 4.78 is 0. The molecular weight excluding hydrogens is 182 g/mol. The van der Waals surface area contributed by atoms with Crippen LogP contribution < -0.4 is 11.1 Å². The molecule has 0 bridgehead atoms. The highest BCUT2D eigenvalue weighted by Gasteiger charge is 2.17. The molecule has 1 aliphatic rings. The third-order valence-corrected chi connectivity index (χ3v) is 2.16. The van der Waals surface area contributed by atoms with Gasteiger partial charge in [-0.2, -0.15) is 0 Å². The maximum atomic E-state index is 10.6. The summed E-state index contributed by atoms with van der Waals surface area (Å²) in [6, 6.07) is 3.09. The standard InChI is InChI=1S/C9H9N3O2/c10-9-6-2-1-5-11-7(6)3-4-8(9)12(13)14/h1-4,11H,5,10H2. The zero-order valence-electron chi connectivity index (χ0n) is 7.36. The average Bonchev–Trinajstić information content (AvgIpc) is 2.18. The Labute approximate surface area is 80.4 Å². The van der Waals surface area contributed by atoms with Crippen molar-refractivity contribution < 1.29 is 4.92 Å². The Balaban J connectivity index is 2.62. The number of nitro groups is 1. The summed E-state index contributed by atoms with van der Waals surface area (Å²) in [4.78, 5) is 10.1. The van der Waals surface area contributed by atoms with Gasteiger partial charge in [-0.25, -0.2) is 0 Å². The molecule has 1 aliphatic heterocycles. The summed E-state index contributed by atoms with van der Waals surface area (Å²) >= 11 is 0. The summed E-state index contributed by atoms with van der Waals surface area (Å²) in [6.45, 7) is 0.726. The highest BCUT2D eigenvalue weighted by atomic mass is 16.6. The summed E-state index contributed by atoms with van der Waals surface area (Å²) in [5, 5.41) is 13.7. The van der Waals surface area contributed by atoms with Crippen LogP contribution in [-0.4, -0.2) is 11.5 Å². The number of nitrogens with zero attached hydrogens (tertiary/aromatic N) is 1. The number of anilines is 2. The van der Waals surface area contributed by atoms with Gasteiger partial charge in [-0.3, -0.25) is 10.1 Å². The topological polar surface area (TPSA) is 81.2 Å². The van der Waals surface area contributed by atoms with Crippen LogP contribution in [0.25, 0.3) is 6.08 Å². The van der Waals surface area contributed by atoms with Crippen molar-refractivity contribution in [3.63, 3.8) is 0 Å². The van der Waals surface area contributed by atoms with Crippen LogP contribution in [0.3, 0.4) is 0 Å². The number of benzene rings is 1. The molecule has 5 nitrogen and oxygen atoms in total. The average molecular weight is 191 g/mol. The lowest BCUT2D eigenvalue weighted by Gasteiger charge is -2.14. The van der Waals surface area contributed by atoms with Crippen LogP contribution >= 0.6 is 0 Å².